The Kier molecular flexibility index (Phi) is 9.66. The number of rotatable bonds is 8. The van der Waals surface area contributed by atoms with Crippen molar-refractivity contribution in [2.24, 2.45) is 4.99 Å². The molecule has 0 aliphatic heterocycles. The van der Waals surface area contributed by atoms with Gasteiger partial charge in [-0.25, -0.2) is 4.98 Å². The maximum atomic E-state index is 5.60. The summed E-state index contributed by atoms with van der Waals surface area (Å²) in [6.45, 7) is 3.44. The number of aliphatic imine (C=N–C) groups is 1. The standard InChI is InChI=1S/C23H28N4O2.HI/c1-17-6-10-19(11-7-17)22-27-20(16-29-22)15-26-23(24-2)25-14-4-5-18-8-12-21(28-3)13-9-18;/h6-13,16H,4-5,14-15H2,1-3H3,(H2,24,25,26);1H. The quantitative estimate of drug-likeness (QED) is 0.197. The smallest absolute Gasteiger partial charge is 0.226 e. The van der Waals surface area contributed by atoms with Crippen LogP contribution in [0.4, 0.5) is 0 Å². The molecule has 1 aromatic heterocycles. The van der Waals surface area contributed by atoms with Gasteiger partial charge in [-0.05, 0) is 49.6 Å². The lowest BCUT2D eigenvalue weighted by Crippen LogP contribution is -2.37. The first kappa shape index (κ1) is 23.7. The highest BCUT2D eigenvalue weighted by Crippen LogP contribution is 2.19. The molecule has 6 nitrogen and oxygen atoms in total. The van der Waals surface area contributed by atoms with Crippen LogP contribution in [0.15, 0.2) is 64.2 Å². The molecule has 3 rings (SSSR count). The summed E-state index contributed by atoms with van der Waals surface area (Å²) in [5.74, 6) is 2.26. The normalized spacial score (nSPS) is 11.0. The van der Waals surface area contributed by atoms with Crippen LogP contribution in [0.2, 0.25) is 0 Å². The molecule has 0 unspecified atom stereocenters. The van der Waals surface area contributed by atoms with Gasteiger partial charge >= 0.3 is 0 Å². The highest BCUT2D eigenvalue weighted by atomic mass is 127. The van der Waals surface area contributed by atoms with E-state index in [-0.39, 0.29) is 24.0 Å². The van der Waals surface area contributed by atoms with Crippen molar-refractivity contribution in [2.45, 2.75) is 26.3 Å². The van der Waals surface area contributed by atoms with E-state index in [0.29, 0.717) is 12.4 Å². The maximum absolute atomic E-state index is 5.60. The van der Waals surface area contributed by atoms with Gasteiger partial charge < -0.3 is 19.8 Å². The molecule has 0 fully saturated rings. The maximum Gasteiger partial charge on any atom is 0.226 e. The molecule has 0 spiro atoms. The SMILES string of the molecule is CN=C(NCCCc1ccc(OC)cc1)NCc1coc(-c2ccc(C)cc2)n1.I. The van der Waals surface area contributed by atoms with E-state index >= 15 is 0 Å². The van der Waals surface area contributed by atoms with Gasteiger partial charge in [0.2, 0.25) is 5.89 Å². The number of aryl methyl sites for hydroxylation is 2. The minimum atomic E-state index is 0. The van der Waals surface area contributed by atoms with E-state index in [4.69, 9.17) is 9.15 Å². The van der Waals surface area contributed by atoms with Crippen molar-refractivity contribution >= 4 is 29.9 Å². The number of hydrogen-bond donors (Lipinski definition) is 2. The molecule has 7 heteroatoms. The predicted octanol–water partition coefficient (Wildman–Crippen LogP) is 4.57. The second-order valence-electron chi connectivity index (χ2n) is 6.81. The number of nitrogens with zero attached hydrogens (tertiary/aromatic N) is 2. The van der Waals surface area contributed by atoms with E-state index in [9.17, 15) is 0 Å². The average Bonchev–Trinajstić information content (AvgIpc) is 3.23. The molecule has 0 bridgehead atoms. The number of guanidine groups is 1. The Morgan fingerprint density at radius 1 is 1.07 bits per heavy atom. The minimum absolute atomic E-state index is 0. The van der Waals surface area contributed by atoms with Crippen LogP contribution < -0.4 is 15.4 Å². The van der Waals surface area contributed by atoms with Crippen LogP contribution in [0.3, 0.4) is 0 Å². The van der Waals surface area contributed by atoms with Crippen molar-refractivity contribution in [2.75, 3.05) is 20.7 Å². The summed E-state index contributed by atoms with van der Waals surface area (Å²) in [5.41, 5.74) is 4.32. The van der Waals surface area contributed by atoms with Crippen LogP contribution in [-0.4, -0.2) is 31.6 Å². The lowest BCUT2D eigenvalue weighted by molar-refractivity contribution is 0.414. The lowest BCUT2D eigenvalue weighted by atomic mass is 10.1. The van der Waals surface area contributed by atoms with Gasteiger partial charge in [-0.15, -0.1) is 24.0 Å². The van der Waals surface area contributed by atoms with Gasteiger partial charge in [-0.1, -0.05) is 29.8 Å². The van der Waals surface area contributed by atoms with Gasteiger partial charge in [0.25, 0.3) is 0 Å². The molecular formula is C23H29IN4O2. The highest BCUT2D eigenvalue weighted by Gasteiger charge is 2.07. The molecular weight excluding hydrogens is 491 g/mol. The molecule has 0 amide bonds. The van der Waals surface area contributed by atoms with E-state index in [1.165, 1.54) is 11.1 Å². The van der Waals surface area contributed by atoms with Crippen molar-refractivity contribution in [1.82, 2.24) is 15.6 Å². The van der Waals surface area contributed by atoms with Gasteiger partial charge in [0.15, 0.2) is 5.96 Å². The van der Waals surface area contributed by atoms with Gasteiger partial charge in [-0.2, -0.15) is 0 Å². The lowest BCUT2D eigenvalue weighted by Gasteiger charge is -2.11. The highest BCUT2D eigenvalue weighted by molar-refractivity contribution is 14.0. The Balaban J connectivity index is 0.00000320. The predicted molar refractivity (Wildman–Crippen MR) is 132 cm³/mol. The summed E-state index contributed by atoms with van der Waals surface area (Å²) in [4.78, 5) is 8.81. The fourth-order valence-corrected chi connectivity index (χ4v) is 2.90. The third-order valence-corrected chi connectivity index (χ3v) is 4.60. The Bertz CT molecular complexity index is 921. The van der Waals surface area contributed by atoms with Crippen LogP contribution in [-0.2, 0) is 13.0 Å². The Morgan fingerprint density at radius 3 is 2.47 bits per heavy atom. The summed E-state index contributed by atoms with van der Waals surface area (Å²) in [5, 5.41) is 6.61. The van der Waals surface area contributed by atoms with Gasteiger partial charge in [0.1, 0.15) is 12.0 Å². The molecule has 3 aromatic rings. The number of halogens is 1. The number of hydrogen-bond acceptors (Lipinski definition) is 4. The summed E-state index contributed by atoms with van der Waals surface area (Å²) in [7, 11) is 3.44. The molecule has 160 valence electrons. The average molecular weight is 520 g/mol. The molecule has 0 radical (unpaired) electrons. The molecule has 2 aromatic carbocycles. The summed E-state index contributed by atoms with van der Waals surface area (Å²) < 4.78 is 10.8. The van der Waals surface area contributed by atoms with Crippen molar-refractivity contribution in [3.8, 4) is 17.2 Å². The number of ether oxygens (including phenoxy) is 1. The largest absolute Gasteiger partial charge is 0.497 e. The molecule has 0 saturated heterocycles. The van der Waals surface area contributed by atoms with Crippen LogP contribution in [0.5, 0.6) is 5.75 Å². The molecule has 2 N–H and O–H groups in total. The zero-order chi connectivity index (χ0) is 20.5. The summed E-state index contributed by atoms with van der Waals surface area (Å²) >= 11 is 0. The van der Waals surface area contributed by atoms with Crippen LogP contribution in [0.1, 0.15) is 23.2 Å². The van der Waals surface area contributed by atoms with Crippen LogP contribution >= 0.6 is 24.0 Å². The van der Waals surface area contributed by atoms with Crippen LogP contribution in [0, 0.1) is 6.92 Å². The number of methoxy groups -OCH3 is 1. The summed E-state index contributed by atoms with van der Waals surface area (Å²) in [6.07, 6.45) is 3.69. The van der Waals surface area contributed by atoms with E-state index in [1.54, 1.807) is 20.4 Å². The molecule has 0 atom stereocenters. The minimum Gasteiger partial charge on any atom is -0.497 e. The van der Waals surface area contributed by atoms with E-state index in [1.807, 2.05) is 24.3 Å². The first-order valence-electron chi connectivity index (χ1n) is 9.77. The Labute approximate surface area is 195 Å². The molecule has 1 heterocycles. The number of benzene rings is 2. The topological polar surface area (TPSA) is 71.7 Å². The molecule has 0 aliphatic rings. The van der Waals surface area contributed by atoms with Gasteiger partial charge in [0.05, 0.1) is 19.3 Å². The Morgan fingerprint density at radius 2 is 1.80 bits per heavy atom. The van der Waals surface area contributed by atoms with Crippen LogP contribution in [0.25, 0.3) is 11.5 Å². The number of oxazole rings is 1. The fraction of sp³-hybridized carbons (Fsp3) is 0.304. The second kappa shape index (κ2) is 12.2. The van der Waals surface area contributed by atoms with Crippen molar-refractivity contribution in [3.05, 3.63) is 71.6 Å². The van der Waals surface area contributed by atoms with Crippen molar-refractivity contribution in [3.63, 3.8) is 0 Å². The van der Waals surface area contributed by atoms with Gasteiger partial charge in [-0.3, -0.25) is 4.99 Å². The first-order chi connectivity index (χ1) is 14.2. The zero-order valence-corrected chi connectivity index (χ0v) is 20.0. The molecule has 0 aliphatic carbocycles. The number of nitrogens with one attached hydrogen (secondary N) is 2. The third kappa shape index (κ3) is 7.05. The Hall–Kier alpha value is -2.55. The van der Waals surface area contributed by atoms with E-state index in [0.717, 1.165) is 42.4 Å². The summed E-state index contributed by atoms with van der Waals surface area (Å²) in [6, 6.07) is 16.3. The monoisotopic (exact) mass is 520 g/mol. The van der Waals surface area contributed by atoms with Crippen molar-refractivity contribution < 1.29 is 9.15 Å². The van der Waals surface area contributed by atoms with Gasteiger partial charge in [0, 0.05) is 19.2 Å². The second-order valence-corrected chi connectivity index (χ2v) is 6.81. The zero-order valence-electron chi connectivity index (χ0n) is 17.6. The first-order valence-corrected chi connectivity index (χ1v) is 9.77. The third-order valence-electron chi connectivity index (χ3n) is 4.60. The fourth-order valence-electron chi connectivity index (χ4n) is 2.90. The van der Waals surface area contributed by atoms with E-state index < -0.39 is 0 Å². The molecule has 0 saturated carbocycles. The molecule has 30 heavy (non-hydrogen) atoms. The van der Waals surface area contributed by atoms with Crippen molar-refractivity contribution in [1.29, 1.82) is 0 Å². The van der Waals surface area contributed by atoms with E-state index in [2.05, 4.69) is 51.8 Å². The number of aromatic nitrogens is 1.